The second-order valence-corrected chi connectivity index (χ2v) is 5.54. The minimum Gasteiger partial charge on any atom is -0.379 e. The molecule has 0 unspecified atom stereocenters. The molecule has 0 atom stereocenters. The van der Waals surface area contributed by atoms with Crippen LogP contribution in [-0.4, -0.2) is 49.9 Å². The highest BCUT2D eigenvalue weighted by atomic mass is 79.9. The van der Waals surface area contributed by atoms with E-state index in [2.05, 4.69) is 26.5 Å². The van der Waals surface area contributed by atoms with Gasteiger partial charge in [0.15, 0.2) is 0 Å². The topological polar surface area (TPSA) is 53.9 Å². The molecular weight excluding hydrogens is 334 g/mol. The van der Waals surface area contributed by atoms with Crippen molar-refractivity contribution < 1.29 is 9.53 Å². The van der Waals surface area contributed by atoms with Crippen LogP contribution in [0.25, 0.3) is 6.08 Å². The summed E-state index contributed by atoms with van der Waals surface area (Å²) in [5, 5.41) is 3.94. The molecule has 1 saturated heterocycles. The molecule has 5 nitrogen and oxygen atoms in total. The number of carbonyl (C=O) groups is 1. The van der Waals surface area contributed by atoms with Gasteiger partial charge < -0.3 is 4.74 Å². The van der Waals surface area contributed by atoms with Crippen molar-refractivity contribution in [2.45, 2.75) is 0 Å². The Bertz CT molecular complexity index is 511. The number of ether oxygens (including phenoxy) is 1. The van der Waals surface area contributed by atoms with Crippen molar-refractivity contribution in [1.29, 1.82) is 0 Å². The lowest BCUT2D eigenvalue weighted by Crippen LogP contribution is -2.42. The molecule has 1 aromatic rings. The number of allylic oxidation sites excluding steroid dienone is 1. The Morgan fingerprint density at radius 1 is 1.33 bits per heavy atom. The predicted molar refractivity (Wildman–Crippen MR) is 87.2 cm³/mol. The standard InChI is InChI=1S/C15H18BrN3O2/c16-14(10-13-4-2-1-3-5-13)11-17-18-15(20)12-19-6-8-21-9-7-19/h1-5,10-11H,6-9,12H2,(H,18,20)/b14-10-,17-11+. The van der Waals surface area contributed by atoms with E-state index in [4.69, 9.17) is 4.74 Å². The van der Waals surface area contributed by atoms with E-state index in [9.17, 15) is 4.79 Å². The summed E-state index contributed by atoms with van der Waals surface area (Å²) < 4.78 is 6.03. The van der Waals surface area contributed by atoms with Crippen LogP contribution in [0.1, 0.15) is 5.56 Å². The monoisotopic (exact) mass is 351 g/mol. The Morgan fingerprint density at radius 3 is 2.76 bits per heavy atom. The van der Waals surface area contributed by atoms with Gasteiger partial charge in [-0.15, -0.1) is 0 Å². The van der Waals surface area contributed by atoms with Gasteiger partial charge in [0.1, 0.15) is 0 Å². The van der Waals surface area contributed by atoms with Crippen molar-refractivity contribution in [3.63, 3.8) is 0 Å². The maximum atomic E-state index is 11.7. The van der Waals surface area contributed by atoms with Crippen LogP contribution in [0.15, 0.2) is 39.9 Å². The molecule has 1 aliphatic heterocycles. The largest absolute Gasteiger partial charge is 0.379 e. The van der Waals surface area contributed by atoms with E-state index in [1.165, 1.54) is 0 Å². The van der Waals surface area contributed by atoms with Gasteiger partial charge in [-0.2, -0.15) is 5.10 Å². The number of hydrogen-bond donors (Lipinski definition) is 1. The second kappa shape index (κ2) is 8.71. The Hall–Kier alpha value is -1.50. The fraction of sp³-hybridized carbons (Fsp3) is 0.333. The lowest BCUT2D eigenvalue weighted by Gasteiger charge is -2.25. The van der Waals surface area contributed by atoms with Gasteiger partial charge in [-0.1, -0.05) is 30.3 Å². The predicted octanol–water partition coefficient (Wildman–Crippen LogP) is 1.86. The average molecular weight is 352 g/mol. The minimum atomic E-state index is -0.117. The summed E-state index contributed by atoms with van der Waals surface area (Å²) >= 11 is 3.40. The van der Waals surface area contributed by atoms with Crippen molar-refractivity contribution >= 4 is 34.1 Å². The van der Waals surface area contributed by atoms with Crippen molar-refractivity contribution in [1.82, 2.24) is 10.3 Å². The molecule has 1 amide bonds. The second-order valence-electron chi connectivity index (χ2n) is 4.62. The SMILES string of the molecule is O=C(CN1CCOCC1)N/N=C/C(Br)=C/c1ccccc1. The number of amides is 1. The molecule has 1 fully saturated rings. The van der Waals surface area contributed by atoms with Crippen LogP contribution in [-0.2, 0) is 9.53 Å². The summed E-state index contributed by atoms with van der Waals surface area (Å²) in [5.41, 5.74) is 3.59. The molecule has 0 bridgehead atoms. The average Bonchev–Trinajstić information content (AvgIpc) is 2.49. The number of halogens is 1. The van der Waals surface area contributed by atoms with Gasteiger partial charge in [-0.3, -0.25) is 9.69 Å². The molecule has 1 aromatic carbocycles. The normalized spacial score (nSPS) is 17.1. The summed E-state index contributed by atoms with van der Waals surface area (Å²) in [6.07, 6.45) is 3.50. The number of nitrogens with zero attached hydrogens (tertiary/aromatic N) is 2. The van der Waals surface area contributed by atoms with Crippen molar-refractivity contribution in [3.8, 4) is 0 Å². The van der Waals surface area contributed by atoms with Gasteiger partial charge in [0.25, 0.3) is 5.91 Å². The first-order valence-corrected chi connectivity index (χ1v) is 7.57. The van der Waals surface area contributed by atoms with Gasteiger partial charge in [-0.25, -0.2) is 5.43 Å². The first-order valence-electron chi connectivity index (χ1n) is 6.78. The fourth-order valence-electron chi connectivity index (χ4n) is 1.91. The number of morpholine rings is 1. The van der Waals surface area contributed by atoms with Gasteiger partial charge >= 0.3 is 0 Å². The fourth-order valence-corrected chi connectivity index (χ4v) is 2.28. The molecule has 2 rings (SSSR count). The van der Waals surface area contributed by atoms with Crippen LogP contribution in [0.3, 0.4) is 0 Å². The molecule has 0 radical (unpaired) electrons. The summed E-state index contributed by atoms with van der Waals surface area (Å²) in [5.74, 6) is -0.117. The summed E-state index contributed by atoms with van der Waals surface area (Å²) in [6, 6.07) is 9.88. The van der Waals surface area contributed by atoms with Crippen LogP contribution in [0.5, 0.6) is 0 Å². The third kappa shape index (κ3) is 6.20. The maximum absolute atomic E-state index is 11.7. The number of nitrogens with one attached hydrogen (secondary N) is 1. The lowest BCUT2D eigenvalue weighted by molar-refractivity contribution is -0.123. The Labute approximate surface area is 132 Å². The molecule has 1 N–H and O–H groups in total. The number of hydrazone groups is 1. The van der Waals surface area contributed by atoms with Crippen molar-refractivity contribution in [3.05, 3.63) is 40.4 Å². The van der Waals surface area contributed by atoms with Crippen molar-refractivity contribution in [2.75, 3.05) is 32.8 Å². The highest BCUT2D eigenvalue weighted by molar-refractivity contribution is 9.12. The minimum absolute atomic E-state index is 0.117. The highest BCUT2D eigenvalue weighted by Crippen LogP contribution is 2.09. The number of rotatable bonds is 5. The molecule has 1 aliphatic rings. The zero-order valence-electron chi connectivity index (χ0n) is 11.7. The molecule has 0 aliphatic carbocycles. The quantitative estimate of drug-likeness (QED) is 0.650. The summed E-state index contributed by atoms with van der Waals surface area (Å²) in [4.78, 5) is 13.8. The smallest absolute Gasteiger partial charge is 0.254 e. The highest BCUT2D eigenvalue weighted by Gasteiger charge is 2.13. The molecular formula is C15H18BrN3O2. The third-order valence-corrected chi connectivity index (χ3v) is 3.39. The number of carbonyl (C=O) groups excluding carboxylic acids is 1. The zero-order chi connectivity index (χ0) is 14.9. The van der Waals surface area contributed by atoms with Gasteiger partial charge in [-0.05, 0) is 27.6 Å². The Balaban J connectivity index is 1.76. The molecule has 112 valence electrons. The Morgan fingerprint density at radius 2 is 2.05 bits per heavy atom. The van der Waals surface area contributed by atoms with Gasteiger partial charge in [0.2, 0.25) is 0 Å². The van der Waals surface area contributed by atoms with E-state index in [0.29, 0.717) is 19.8 Å². The summed E-state index contributed by atoms with van der Waals surface area (Å²) in [7, 11) is 0. The van der Waals surface area contributed by atoms with Gasteiger partial charge in [0.05, 0.1) is 26.0 Å². The summed E-state index contributed by atoms with van der Waals surface area (Å²) in [6.45, 7) is 3.29. The number of hydrogen-bond acceptors (Lipinski definition) is 4. The van der Waals surface area contributed by atoms with Crippen LogP contribution in [0.4, 0.5) is 0 Å². The first-order chi connectivity index (χ1) is 10.2. The molecule has 1 heterocycles. The maximum Gasteiger partial charge on any atom is 0.254 e. The van der Waals surface area contributed by atoms with E-state index in [-0.39, 0.29) is 5.91 Å². The van der Waals surface area contributed by atoms with Crippen LogP contribution in [0, 0.1) is 0 Å². The molecule has 0 spiro atoms. The van der Waals surface area contributed by atoms with Crippen LogP contribution >= 0.6 is 15.9 Å². The van der Waals surface area contributed by atoms with E-state index < -0.39 is 0 Å². The molecule has 21 heavy (non-hydrogen) atoms. The lowest BCUT2D eigenvalue weighted by atomic mass is 10.2. The van der Waals surface area contributed by atoms with Gasteiger partial charge in [0, 0.05) is 17.6 Å². The zero-order valence-corrected chi connectivity index (χ0v) is 13.3. The molecule has 0 aromatic heterocycles. The van der Waals surface area contributed by atoms with Crippen LogP contribution in [0.2, 0.25) is 0 Å². The van der Waals surface area contributed by atoms with E-state index in [0.717, 1.165) is 23.1 Å². The van der Waals surface area contributed by atoms with E-state index in [1.807, 2.05) is 41.3 Å². The molecule has 6 heteroatoms. The third-order valence-electron chi connectivity index (χ3n) is 2.95. The Kier molecular flexibility index (Phi) is 6.59. The first kappa shape index (κ1) is 15.9. The molecule has 0 saturated carbocycles. The van der Waals surface area contributed by atoms with Crippen LogP contribution < -0.4 is 5.43 Å². The number of benzene rings is 1. The van der Waals surface area contributed by atoms with E-state index >= 15 is 0 Å². The van der Waals surface area contributed by atoms with Crippen molar-refractivity contribution in [2.24, 2.45) is 5.10 Å². The van der Waals surface area contributed by atoms with E-state index in [1.54, 1.807) is 6.21 Å².